The molecule has 1 aliphatic heterocycles. The molecule has 1 heterocycles. The Morgan fingerprint density at radius 2 is 1.88 bits per heavy atom. The Morgan fingerprint density at radius 1 is 1.24 bits per heavy atom. The molecule has 6 heteroatoms. The highest BCUT2D eigenvalue weighted by molar-refractivity contribution is 5.94. The van der Waals surface area contributed by atoms with Gasteiger partial charge in [0.1, 0.15) is 0 Å². The predicted octanol–water partition coefficient (Wildman–Crippen LogP) is 2.07. The zero-order chi connectivity index (χ0) is 18.6. The molecule has 0 saturated carbocycles. The van der Waals surface area contributed by atoms with Crippen LogP contribution in [0.25, 0.3) is 0 Å². The Kier molecular flexibility index (Phi) is 5.82. The van der Waals surface area contributed by atoms with Gasteiger partial charge in [-0.25, -0.2) is 0 Å². The molecule has 136 valence electrons. The minimum absolute atomic E-state index is 0.0663. The fourth-order valence-electron chi connectivity index (χ4n) is 2.78. The van der Waals surface area contributed by atoms with Crippen LogP contribution >= 0.6 is 0 Å². The molecule has 1 aliphatic rings. The zero-order valence-corrected chi connectivity index (χ0v) is 15.0. The van der Waals surface area contributed by atoms with E-state index in [0.29, 0.717) is 25.1 Å². The fraction of sp³-hybridized carbons (Fsp3) is 0.526. The number of piperidine rings is 1. The van der Waals surface area contributed by atoms with Gasteiger partial charge in [-0.2, -0.15) is 0 Å². The molecule has 1 unspecified atom stereocenters. The van der Waals surface area contributed by atoms with Crippen molar-refractivity contribution in [2.45, 2.75) is 33.6 Å². The standard InChI is InChI=1S/C19H26N2O4/c1-13-6-8-14(9-7-13)17(23)21-10-4-5-15(11-21)16(22)20-12-19(2,3)18(24)25/h6-9,15H,4-5,10-12H2,1-3H3,(H,20,22)(H,24,25). The van der Waals surface area contributed by atoms with Crippen LogP contribution < -0.4 is 5.32 Å². The lowest BCUT2D eigenvalue weighted by Gasteiger charge is -2.32. The second-order valence-electron chi connectivity index (χ2n) is 7.36. The van der Waals surface area contributed by atoms with Gasteiger partial charge < -0.3 is 15.3 Å². The van der Waals surface area contributed by atoms with Crippen molar-refractivity contribution in [3.8, 4) is 0 Å². The Bertz CT molecular complexity index is 652. The second kappa shape index (κ2) is 7.68. The topological polar surface area (TPSA) is 86.7 Å². The average molecular weight is 346 g/mol. The van der Waals surface area contributed by atoms with Crippen molar-refractivity contribution in [2.24, 2.45) is 11.3 Å². The number of carbonyl (C=O) groups excluding carboxylic acids is 2. The molecule has 1 saturated heterocycles. The number of carboxylic acid groups (broad SMARTS) is 1. The molecule has 6 nitrogen and oxygen atoms in total. The average Bonchev–Trinajstić information content (AvgIpc) is 2.59. The van der Waals surface area contributed by atoms with E-state index in [4.69, 9.17) is 5.11 Å². The molecule has 0 spiro atoms. The molecular formula is C19H26N2O4. The lowest BCUT2D eigenvalue weighted by atomic mass is 9.92. The van der Waals surface area contributed by atoms with Crippen LogP contribution in [-0.2, 0) is 9.59 Å². The summed E-state index contributed by atoms with van der Waals surface area (Å²) in [6.45, 7) is 6.19. The minimum Gasteiger partial charge on any atom is -0.481 e. The minimum atomic E-state index is -1.01. The Hall–Kier alpha value is -2.37. The van der Waals surface area contributed by atoms with Gasteiger partial charge in [-0.05, 0) is 45.7 Å². The number of aliphatic carboxylic acids is 1. The summed E-state index contributed by atoms with van der Waals surface area (Å²) in [4.78, 5) is 37.8. The van der Waals surface area contributed by atoms with Gasteiger partial charge in [-0.3, -0.25) is 14.4 Å². The molecule has 1 aromatic carbocycles. The van der Waals surface area contributed by atoms with E-state index >= 15 is 0 Å². The number of likely N-dealkylation sites (tertiary alicyclic amines) is 1. The maximum absolute atomic E-state index is 12.6. The lowest BCUT2D eigenvalue weighted by molar-refractivity contribution is -0.146. The lowest BCUT2D eigenvalue weighted by Crippen LogP contribution is -2.47. The zero-order valence-electron chi connectivity index (χ0n) is 15.0. The largest absolute Gasteiger partial charge is 0.481 e. The molecular weight excluding hydrogens is 320 g/mol. The Morgan fingerprint density at radius 3 is 2.48 bits per heavy atom. The van der Waals surface area contributed by atoms with Gasteiger partial charge in [0, 0.05) is 25.2 Å². The summed E-state index contributed by atoms with van der Waals surface area (Å²) in [5.74, 6) is -1.50. The first kappa shape index (κ1) is 19.0. The number of rotatable bonds is 5. The number of nitrogens with zero attached hydrogens (tertiary/aromatic N) is 1. The van der Waals surface area contributed by atoms with Gasteiger partial charge >= 0.3 is 5.97 Å². The number of hydrogen-bond donors (Lipinski definition) is 2. The van der Waals surface area contributed by atoms with Crippen LogP contribution in [0.4, 0.5) is 0 Å². The van der Waals surface area contributed by atoms with Crippen molar-refractivity contribution in [1.82, 2.24) is 10.2 Å². The number of amides is 2. The van der Waals surface area contributed by atoms with Crippen LogP contribution in [0, 0.1) is 18.3 Å². The molecule has 0 aromatic heterocycles. The summed E-state index contributed by atoms with van der Waals surface area (Å²) < 4.78 is 0. The molecule has 1 aromatic rings. The van der Waals surface area contributed by atoms with Gasteiger partial charge in [0.15, 0.2) is 0 Å². The molecule has 1 atom stereocenters. The van der Waals surface area contributed by atoms with Crippen LogP contribution in [0.15, 0.2) is 24.3 Å². The van der Waals surface area contributed by atoms with E-state index in [2.05, 4.69) is 5.32 Å². The molecule has 25 heavy (non-hydrogen) atoms. The van der Waals surface area contributed by atoms with Crippen LogP contribution in [0.2, 0.25) is 0 Å². The highest BCUT2D eigenvalue weighted by atomic mass is 16.4. The van der Waals surface area contributed by atoms with E-state index in [1.165, 1.54) is 0 Å². The maximum atomic E-state index is 12.6. The highest BCUT2D eigenvalue weighted by Gasteiger charge is 2.32. The molecule has 0 bridgehead atoms. The summed E-state index contributed by atoms with van der Waals surface area (Å²) in [6, 6.07) is 7.40. The van der Waals surface area contributed by atoms with Gasteiger partial charge in [0.05, 0.1) is 11.3 Å². The van der Waals surface area contributed by atoms with Crippen LogP contribution in [0.5, 0.6) is 0 Å². The third-order valence-electron chi connectivity index (χ3n) is 4.66. The Labute approximate surface area is 148 Å². The van der Waals surface area contributed by atoms with Crippen molar-refractivity contribution in [3.05, 3.63) is 35.4 Å². The summed E-state index contributed by atoms with van der Waals surface area (Å²) in [5, 5.41) is 11.8. The smallest absolute Gasteiger partial charge is 0.310 e. The third-order valence-corrected chi connectivity index (χ3v) is 4.66. The molecule has 1 fully saturated rings. The van der Waals surface area contributed by atoms with Gasteiger partial charge in [-0.1, -0.05) is 17.7 Å². The van der Waals surface area contributed by atoms with E-state index in [9.17, 15) is 14.4 Å². The van der Waals surface area contributed by atoms with E-state index in [-0.39, 0.29) is 24.3 Å². The quantitative estimate of drug-likeness (QED) is 0.854. The van der Waals surface area contributed by atoms with Crippen molar-refractivity contribution in [2.75, 3.05) is 19.6 Å². The summed E-state index contributed by atoms with van der Waals surface area (Å²) in [7, 11) is 0. The number of nitrogens with one attached hydrogen (secondary N) is 1. The second-order valence-corrected chi connectivity index (χ2v) is 7.36. The van der Waals surface area contributed by atoms with E-state index in [1.807, 2.05) is 19.1 Å². The predicted molar refractivity (Wildman–Crippen MR) is 94.2 cm³/mol. The Balaban J connectivity index is 1.95. The highest BCUT2D eigenvalue weighted by Crippen LogP contribution is 2.20. The van der Waals surface area contributed by atoms with Crippen LogP contribution in [-0.4, -0.2) is 47.4 Å². The molecule has 0 radical (unpaired) electrons. The third kappa shape index (κ3) is 4.81. The number of aryl methyl sites for hydroxylation is 1. The first-order valence-corrected chi connectivity index (χ1v) is 8.58. The normalized spacial score (nSPS) is 17.9. The molecule has 2 rings (SSSR count). The molecule has 2 amide bonds. The summed E-state index contributed by atoms with van der Waals surface area (Å²) in [6.07, 6.45) is 1.47. The number of hydrogen-bond acceptors (Lipinski definition) is 3. The number of benzene rings is 1. The van der Waals surface area contributed by atoms with Crippen LogP contribution in [0.3, 0.4) is 0 Å². The van der Waals surface area contributed by atoms with Gasteiger partial charge in [-0.15, -0.1) is 0 Å². The van der Waals surface area contributed by atoms with Crippen molar-refractivity contribution >= 4 is 17.8 Å². The van der Waals surface area contributed by atoms with Gasteiger partial charge in [0.2, 0.25) is 5.91 Å². The van der Waals surface area contributed by atoms with Crippen molar-refractivity contribution in [1.29, 1.82) is 0 Å². The first-order chi connectivity index (χ1) is 11.7. The fourth-order valence-corrected chi connectivity index (χ4v) is 2.78. The van der Waals surface area contributed by atoms with Crippen molar-refractivity contribution in [3.63, 3.8) is 0 Å². The maximum Gasteiger partial charge on any atom is 0.310 e. The monoisotopic (exact) mass is 346 g/mol. The van der Waals surface area contributed by atoms with Gasteiger partial charge in [0.25, 0.3) is 5.91 Å². The van der Waals surface area contributed by atoms with E-state index in [1.54, 1.807) is 30.9 Å². The van der Waals surface area contributed by atoms with E-state index < -0.39 is 11.4 Å². The SMILES string of the molecule is Cc1ccc(C(=O)N2CCCC(C(=O)NCC(C)(C)C(=O)O)C2)cc1. The summed E-state index contributed by atoms with van der Waals surface area (Å²) >= 11 is 0. The summed E-state index contributed by atoms with van der Waals surface area (Å²) in [5.41, 5.74) is 0.703. The van der Waals surface area contributed by atoms with Crippen molar-refractivity contribution < 1.29 is 19.5 Å². The van der Waals surface area contributed by atoms with Crippen LogP contribution in [0.1, 0.15) is 42.6 Å². The number of carbonyl (C=O) groups is 3. The van der Waals surface area contributed by atoms with E-state index in [0.717, 1.165) is 12.0 Å². The first-order valence-electron chi connectivity index (χ1n) is 8.58. The molecule has 0 aliphatic carbocycles. The number of carboxylic acids is 1. The molecule has 2 N–H and O–H groups in total.